The molecule has 1 N–H and O–H groups in total. The van der Waals surface area contributed by atoms with Crippen LogP contribution in [0, 0.1) is 11.8 Å². The van der Waals surface area contributed by atoms with E-state index in [4.69, 9.17) is 28.4 Å². The molecule has 6 aliphatic rings. The largest absolute Gasteiger partial charge is 0.482 e. The van der Waals surface area contributed by atoms with Crippen molar-refractivity contribution in [2.45, 2.75) is 187 Å². The zero-order chi connectivity index (χ0) is 64.1. The number of likely N-dealkylation sites (tertiary alicyclic amines) is 2. The second-order valence-electron chi connectivity index (χ2n) is 25.5. The highest BCUT2D eigenvalue weighted by atomic mass is 19.4. The second kappa shape index (κ2) is 27.9. The third kappa shape index (κ3) is 17.0. The number of benzene rings is 2. The number of anilines is 1. The fraction of sp³-hybridized carbons (Fsp3) is 0.689. The van der Waals surface area contributed by atoms with Gasteiger partial charge in [0.1, 0.15) is 22.7 Å². The number of hydrogen-bond acceptors (Lipinski definition) is 14. The van der Waals surface area contributed by atoms with Gasteiger partial charge in [0.25, 0.3) is 17.7 Å². The SMILES string of the molecule is CC(C)N(C(=O)c1cc2c(cc1C(F)(F)F)OC(C1CCOCC1)C(=O)C2)[C@@H]1CCCN(C(=O)OC(C)(C)C)C1.COC(=O)NCCN1C(=O)C(C2CCOCC2)Oc2cc(C(F)(F)F)c(C(=O)N(C(C)C)[C@@H]3CCCN(C(=O)OC(C)(C)C)C3)cc21. The molecular formula is C61H84F6N6O14. The Kier molecular flexibility index (Phi) is 21.8. The number of halogens is 6. The molecule has 6 amide bonds. The number of carbonyl (C=O) groups excluding carboxylic acids is 7. The van der Waals surface area contributed by atoms with Crippen LogP contribution >= 0.6 is 0 Å². The summed E-state index contributed by atoms with van der Waals surface area (Å²) in [5.74, 6) is -3.00. The van der Waals surface area contributed by atoms with E-state index in [2.05, 4.69) is 10.1 Å². The maximum absolute atomic E-state index is 14.7. The molecule has 484 valence electrons. The van der Waals surface area contributed by atoms with Gasteiger partial charge in [0.05, 0.1) is 47.1 Å². The van der Waals surface area contributed by atoms with E-state index in [-0.39, 0.29) is 73.0 Å². The van der Waals surface area contributed by atoms with Crippen LogP contribution in [0.3, 0.4) is 0 Å². The summed E-state index contributed by atoms with van der Waals surface area (Å²) < 4.78 is 125. The highest BCUT2D eigenvalue weighted by Crippen LogP contribution is 2.45. The second-order valence-corrected chi connectivity index (χ2v) is 25.5. The molecule has 2 aromatic rings. The van der Waals surface area contributed by atoms with Crippen LogP contribution in [0.25, 0.3) is 0 Å². The van der Waals surface area contributed by atoms with Gasteiger partial charge < -0.3 is 63.0 Å². The number of Topliss-reactive ketones (excluding diaryl/α,β-unsaturated/α-hetero) is 1. The van der Waals surface area contributed by atoms with E-state index < -0.39 is 118 Å². The molecule has 2 aromatic carbocycles. The Morgan fingerprint density at radius 1 is 0.632 bits per heavy atom. The lowest BCUT2D eigenvalue weighted by molar-refractivity contribution is -0.139. The minimum absolute atomic E-state index is 0.00942. The van der Waals surface area contributed by atoms with Gasteiger partial charge >= 0.3 is 30.6 Å². The number of piperidine rings is 2. The minimum Gasteiger partial charge on any atom is -0.482 e. The van der Waals surface area contributed by atoms with Gasteiger partial charge in [-0.05, 0) is 145 Å². The van der Waals surface area contributed by atoms with Gasteiger partial charge in [-0.15, -0.1) is 0 Å². The van der Waals surface area contributed by atoms with Gasteiger partial charge in [0.15, 0.2) is 18.0 Å². The standard InChI is InChI=1S/C32H45F3N4O8.C29H39F3N2O6/c1-19(2)39(21-8-7-12-37(18-21)30(43)47-31(3,4)5)27(40)22-16-24-25(17-23(22)32(33,34)35)46-26(20-9-14-45-15-10-20)28(41)38(24)13-11-36-29(42)44-6;1-17(2)34(20-7-6-10-33(16-20)27(37)40-28(3,4)5)26(36)21-13-19-14-23(35)25(18-8-11-38-12-9-18)39-24(19)15-22(21)29(30,31)32/h16-17,19-21,26H,7-15,18H2,1-6H3,(H,36,42);13,15,17-18,20,25H,6-12,14,16H2,1-5H3/t21-,26?;20-,25?/m11/s1. The first-order chi connectivity index (χ1) is 40.7. The van der Waals surface area contributed by atoms with Crippen LogP contribution in [0.5, 0.6) is 11.5 Å². The Bertz CT molecular complexity index is 2820. The number of alkyl carbamates (subject to hydrolysis) is 1. The predicted octanol–water partition coefficient (Wildman–Crippen LogP) is 10.1. The first-order valence-electron chi connectivity index (χ1n) is 29.9. The van der Waals surface area contributed by atoms with E-state index in [1.165, 1.54) is 37.7 Å². The van der Waals surface area contributed by atoms with Gasteiger partial charge in [0, 0.05) is 102 Å². The highest BCUT2D eigenvalue weighted by molar-refractivity contribution is 6.04. The van der Waals surface area contributed by atoms with Crippen molar-refractivity contribution in [1.29, 1.82) is 0 Å². The van der Waals surface area contributed by atoms with E-state index in [9.17, 15) is 59.9 Å². The number of nitrogens with one attached hydrogen (secondary N) is 1. The fourth-order valence-corrected chi connectivity index (χ4v) is 12.1. The molecule has 4 atom stereocenters. The first kappa shape index (κ1) is 67.9. The van der Waals surface area contributed by atoms with Crippen molar-refractivity contribution in [1.82, 2.24) is 24.9 Å². The van der Waals surface area contributed by atoms with Gasteiger partial charge in [0.2, 0.25) is 0 Å². The summed E-state index contributed by atoms with van der Waals surface area (Å²) in [6.45, 7) is 20.0. The van der Waals surface area contributed by atoms with E-state index in [0.29, 0.717) is 90.9 Å². The summed E-state index contributed by atoms with van der Waals surface area (Å²) >= 11 is 0. The Hall–Kier alpha value is -6.57. The zero-order valence-electron chi connectivity index (χ0n) is 51.6. The average molecular weight is 1240 g/mol. The number of carbonyl (C=O) groups is 7. The number of alkyl halides is 6. The lowest BCUT2D eigenvalue weighted by atomic mass is 9.86. The quantitative estimate of drug-likeness (QED) is 0.164. The van der Waals surface area contributed by atoms with Crippen LogP contribution in [0.2, 0.25) is 0 Å². The molecule has 4 fully saturated rings. The van der Waals surface area contributed by atoms with Crippen molar-refractivity contribution < 1.29 is 93.1 Å². The first-order valence-corrected chi connectivity index (χ1v) is 29.9. The van der Waals surface area contributed by atoms with E-state index in [0.717, 1.165) is 18.2 Å². The number of hydrogen-bond donors (Lipinski definition) is 1. The van der Waals surface area contributed by atoms with Crippen molar-refractivity contribution in [2.24, 2.45) is 11.8 Å². The summed E-state index contributed by atoms with van der Waals surface area (Å²) in [7, 11) is 1.18. The van der Waals surface area contributed by atoms with Crippen LogP contribution in [0.4, 0.5) is 46.4 Å². The molecule has 87 heavy (non-hydrogen) atoms. The molecule has 26 heteroatoms. The topological polar surface area (TPSA) is 212 Å². The Labute approximate surface area is 504 Å². The van der Waals surface area contributed by atoms with Crippen molar-refractivity contribution >= 4 is 47.5 Å². The smallest absolute Gasteiger partial charge is 0.417 e. The number of fused-ring (bicyclic) bond motifs is 2. The summed E-state index contributed by atoms with van der Waals surface area (Å²) in [6.07, 6.45) is -9.33. The molecule has 0 aromatic heterocycles. The number of rotatable bonds is 11. The molecule has 4 saturated heterocycles. The van der Waals surface area contributed by atoms with Crippen LogP contribution in [0.1, 0.15) is 158 Å². The van der Waals surface area contributed by atoms with E-state index in [1.54, 1.807) is 69.2 Å². The Balaban J connectivity index is 0.000000252. The third-order valence-electron chi connectivity index (χ3n) is 16.0. The Morgan fingerprint density at radius 3 is 1.51 bits per heavy atom. The molecule has 6 aliphatic heterocycles. The molecule has 0 radical (unpaired) electrons. The normalized spacial score (nSPS) is 21.6. The van der Waals surface area contributed by atoms with Crippen molar-refractivity contribution in [3.63, 3.8) is 0 Å². The van der Waals surface area contributed by atoms with Gasteiger partial charge in [-0.1, -0.05) is 0 Å². The maximum atomic E-state index is 14.7. The van der Waals surface area contributed by atoms with Gasteiger partial charge in [-0.2, -0.15) is 26.3 Å². The molecule has 0 saturated carbocycles. The summed E-state index contributed by atoms with van der Waals surface area (Å²) in [4.78, 5) is 99.3. The Morgan fingerprint density at radius 2 is 1.07 bits per heavy atom. The molecule has 20 nitrogen and oxygen atoms in total. The lowest BCUT2D eigenvalue weighted by Gasteiger charge is -2.42. The van der Waals surface area contributed by atoms with Crippen molar-refractivity contribution in [3.8, 4) is 11.5 Å². The summed E-state index contributed by atoms with van der Waals surface area (Å²) in [6, 6.07) is 1.83. The van der Waals surface area contributed by atoms with E-state index in [1.807, 2.05) is 0 Å². The summed E-state index contributed by atoms with van der Waals surface area (Å²) in [5, 5.41) is 2.49. The molecule has 6 heterocycles. The van der Waals surface area contributed by atoms with E-state index >= 15 is 0 Å². The number of nitrogens with zero attached hydrogens (tertiary/aromatic N) is 5. The summed E-state index contributed by atoms with van der Waals surface area (Å²) in [5.41, 5.74) is -4.64. The number of ketones is 1. The zero-order valence-corrected chi connectivity index (χ0v) is 51.6. The third-order valence-corrected chi connectivity index (χ3v) is 16.0. The highest BCUT2D eigenvalue weighted by Gasteiger charge is 2.47. The molecular weight excluding hydrogens is 1150 g/mol. The monoisotopic (exact) mass is 1240 g/mol. The molecule has 8 rings (SSSR count). The van der Waals surface area contributed by atoms with Crippen molar-refractivity contribution in [3.05, 3.63) is 52.1 Å². The fourth-order valence-electron chi connectivity index (χ4n) is 12.1. The molecule has 2 unspecified atom stereocenters. The van der Waals surface area contributed by atoms with Gasteiger partial charge in [-0.3, -0.25) is 19.2 Å². The van der Waals surface area contributed by atoms with Gasteiger partial charge in [-0.25, -0.2) is 14.4 Å². The molecule has 0 spiro atoms. The van der Waals surface area contributed by atoms with Crippen LogP contribution in [-0.4, -0.2) is 182 Å². The molecule has 0 aliphatic carbocycles. The number of methoxy groups -OCH3 is 1. The van der Waals surface area contributed by atoms with Crippen LogP contribution < -0.4 is 19.7 Å². The number of amides is 6. The predicted molar refractivity (Wildman–Crippen MR) is 305 cm³/mol. The lowest BCUT2D eigenvalue weighted by Crippen LogP contribution is -2.55. The minimum atomic E-state index is -4.94. The van der Waals surface area contributed by atoms with Crippen LogP contribution in [-0.2, 0) is 52.0 Å². The number of ether oxygens (including phenoxy) is 7. The average Bonchev–Trinajstić information content (AvgIpc) is 0.904. The van der Waals surface area contributed by atoms with Crippen LogP contribution in [0.15, 0.2) is 24.3 Å². The maximum Gasteiger partial charge on any atom is 0.417 e. The van der Waals surface area contributed by atoms with Crippen molar-refractivity contribution in [2.75, 3.05) is 77.7 Å². The molecule has 0 bridgehead atoms.